The Morgan fingerprint density at radius 2 is 1.15 bits per heavy atom. The lowest BCUT2D eigenvalue weighted by Gasteiger charge is -2.25. The lowest BCUT2D eigenvalue weighted by Crippen LogP contribution is -2.41. The molecule has 0 spiro atoms. The first-order valence-electron chi connectivity index (χ1n) is 8.15. The average Bonchev–Trinajstić information content (AvgIpc) is 2.68. The molecule has 0 aliphatic carbocycles. The summed E-state index contributed by atoms with van der Waals surface area (Å²) in [5.41, 5.74) is 1.80. The highest BCUT2D eigenvalue weighted by atomic mass is 16.4. The minimum atomic E-state index is -1.14. The number of benzene rings is 3. The second-order valence-corrected chi connectivity index (χ2v) is 5.64. The van der Waals surface area contributed by atoms with E-state index in [1.807, 2.05) is 36.4 Å². The molecule has 0 bridgehead atoms. The first kappa shape index (κ1) is 17.2. The lowest BCUT2D eigenvalue weighted by molar-refractivity contribution is -0.139. The van der Waals surface area contributed by atoms with Crippen LogP contribution in [0, 0.1) is 0 Å². The van der Waals surface area contributed by atoms with Gasteiger partial charge in [-0.1, -0.05) is 66.7 Å². The molecular formula is C21H18N2O3. The molecule has 0 aromatic heterocycles. The van der Waals surface area contributed by atoms with Crippen molar-refractivity contribution in [3.63, 3.8) is 0 Å². The number of carboxylic acid groups (broad SMARTS) is 1. The van der Waals surface area contributed by atoms with Crippen molar-refractivity contribution in [2.24, 2.45) is 0 Å². The van der Waals surface area contributed by atoms with Crippen LogP contribution in [0.25, 0.3) is 0 Å². The summed E-state index contributed by atoms with van der Waals surface area (Å²) in [6.07, 6.45) is 0. The topological polar surface area (TPSA) is 69.6 Å². The first-order valence-corrected chi connectivity index (χ1v) is 8.15. The molecule has 1 atom stereocenters. The maximum absolute atomic E-state index is 13.0. The van der Waals surface area contributed by atoms with Crippen LogP contribution in [0.5, 0.6) is 0 Å². The Morgan fingerprint density at radius 1 is 0.731 bits per heavy atom. The van der Waals surface area contributed by atoms with Gasteiger partial charge in [-0.25, -0.2) is 9.59 Å². The molecule has 0 radical (unpaired) electrons. The predicted octanol–water partition coefficient (Wildman–Crippen LogP) is 4.36. The van der Waals surface area contributed by atoms with E-state index < -0.39 is 18.0 Å². The highest BCUT2D eigenvalue weighted by molar-refractivity contribution is 6.01. The van der Waals surface area contributed by atoms with E-state index in [-0.39, 0.29) is 0 Å². The van der Waals surface area contributed by atoms with Gasteiger partial charge in [0.1, 0.15) is 0 Å². The SMILES string of the molecule is O=C(O)[C@H](NC(=O)N(c1ccccc1)c1ccccc1)c1ccccc1. The molecular weight excluding hydrogens is 328 g/mol. The Kier molecular flexibility index (Phi) is 5.29. The van der Waals surface area contributed by atoms with Crippen molar-refractivity contribution in [3.05, 3.63) is 96.6 Å². The summed E-state index contributed by atoms with van der Waals surface area (Å²) in [7, 11) is 0. The van der Waals surface area contributed by atoms with E-state index in [0.717, 1.165) is 0 Å². The van der Waals surface area contributed by atoms with E-state index in [0.29, 0.717) is 16.9 Å². The van der Waals surface area contributed by atoms with Gasteiger partial charge in [-0.05, 0) is 29.8 Å². The van der Waals surface area contributed by atoms with Gasteiger partial charge in [-0.3, -0.25) is 4.90 Å². The number of hydrogen-bond donors (Lipinski definition) is 2. The standard InChI is InChI=1S/C21H18N2O3/c24-20(25)19(16-10-4-1-5-11-16)22-21(26)23(17-12-6-2-7-13-17)18-14-8-3-9-15-18/h1-15,19H,(H,22,26)(H,24,25)/t19-/m1/s1. The third kappa shape index (κ3) is 3.89. The third-order valence-electron chi connectivity index (χ3n) is 3.88. The molecule has 5 nitrogen and oxygen atoms in total. The number of rotatable bonds is 5. The van der Waals surface area contributed by atoms with Crippen LogP contribution in [0.1, 0.15) is 11.6 Å². The summed E-state index contributed by atoms with van der Waals surface area (Å²) in [5.74, 6) is -1.12. The van der Waals surface area contributed by atoms with Gasteiger partial charge in [-0.2, -0.15) is 0 Å². The fourth-order valence-electron chi connectivity index (χ4n) is 2.66. The summed E-state index contributed by atoms with van der Waals surface area (Å²) in [4.78, 5) is 26.1. The number of anilines is 2. The van der Waals surface area contributed by atoms with Crippen LogP contribution >= 0.6 is 0 Å². The van der Waals surface area contributed by atoms with Crippen molar-refractivity contribution in [2.45, 2.75) is 6.04 Å². The van der Waals surface area contributed by atoms with Crippen molar-refractivity contribution in [1.29, 1.82) is 0 Å². The monoisotopic (exact) mass is 346 g/mol. The van der Waals surface area contributed by atoms with Gasteiger partial charge in [0.25, 0.3) is 0 Å². The van der Waals surface area contributed by atoms with E-state index >= 15 is 0 Å². The number of carbonyl (C=O) groups is 2. The summed E-state index contributed by atoms with van der Waals surface area (Å²) >= 11 is 0. The number of amides is 2. The Labute approximate surface area is 151 Å². The Morgan fingerprint density at radius 3 is 1.58 bits per heavy atom. The van der Waals surface area contributed by atoms with Crippen molar-refractivity contribution in [3.8, 4) is 0 Å². The summed E-state index contributed by atoms with van der Waals surface area (Å²) < 4.78 is 0. The summed E-state index contributed by atoms with van der Waals surface area (Å²) in [6, 6.07) is 25.2. The zero-order valence-electron chi connectivity index (χ0n) is 13.9. The predicted molar refractivity (Wildman–Crippen MR) is 100 cm³/mol. The lowest BCUT2D eigenvalue weighted by atomic mass is 10.1. The van der Waals surface area contributed by atoms with Crippen LogP contribution in [-0.2, 0) is 4.79 Å². The average molecular weight is 346 g/mol. The summed E-state index contributed by atoms with van der Waals surface area (Å²) in [6.45, 7) is 0. The minimum Gasteiger partial charge on any atom is -0.479 e. The van der Waals surface area contributed by atoms with Crippen molar-refractivity contribution >= 4 is 23.4 Å². The van der Waals surface area contributed by atoms with E-state index in [2.05, 4.69) is 5.32 Å². The van der Waals surface area contributed by atoms with E-state index in [1.54, 1.807) is 54.6 Å². The smallest absolute Gasteiger partial charge is 0.330 e. The van der Waals surface area contributed by atoms with Gasteiger partial charge in [0.15, 0.2) is 6.04 Å². The second kappa shape index (κ2) is 7.98. The number of nitrogens with zero attached hydrogens (tertiary/aromatic N) is 1. The van der Waals surface area contributed by atoms with Gasteiger partial charge < -0.3 is 10.4 Å². The van der Waals surface area contributed by atoms with Gasteiger partial charge in [0.2, 0.25) is 0 Å². The number of nitrogens with one attached hydrogen (secondary N) is 1. The van der Waals surface area contributed by atoms with Crippen molar-refractivity contribution in [2.75, 3.05) is 4.90 Å². The number of carbonyl (C=O) groups excluding carboxylic acids is 1. The van der Waals surface area contributed by atoms with Crippen LogP contribution < -0.4 is 10.2 Å². The zero-order valence-corrected chi connectivity index (χ0v) is 13.9. The number of urea groups is 1. The molecule has 2 amide bonds. The Balaban J connectivity index is 1.94. The third-order valence-corrected chi connectivity index (χ3v) is 3.88. The second-order valence-electron chi connectivity index (χ2n) is 5.64. The molecule has 26 heavy (non-hydrogen) atoms. The molecule has 0 aliphatic heterocycles. The Hall–Kier alpha value is -3.60. The zero-order chi connectivity index (χ0) is 18.4. The maximum Gasteiger partial charge on any atom is 0.330 e. The maximum atomic E-state index is 13.0. The van der Waals surface area contributed by atoms with Crippen LogP contribution in [0.3, 0.4) is 0 Å². The molecule has 130 valence electrons. The van der Waals surface area contributed by atoms with Gasteiger partial charge >= 0.3 is 12.0 Å². The molecule has 3 aromatic carbocycles. The highest BCUT2D eigenvalue weighted by Gasteiger charge is 2.26. The Bertz CT molecular complexity index is 828. The quantitative estimate of drug-likeness (QED) is 0.721. The number of hydrogen-bond acceptors (Lipinski definition) is 2. The molecule has 0 saturated carbocycles. The fraction of sp³-hybridized carbons (Fsp3) is 0.0476. The molecule has 3 aromatic rings. The van der Waals surface area contributed by atoms with E-state index in [1.165, 1.54) is 4.90 Å². The largest absolute Gasteiger partial charge is 0.479 e. The van der Waals surface area contributed by atoms with Gasteiger partial charge in [0.05, 0.1) is 11.4 Å². The minimum absolute atomic E-state index is 0.509. The number of aliphatic carboxylic acids is 1. The molecule has 0 heterocycles. The van der Waals surface area contributed by atoms with Crippen molar-refractivity contribution < 1.29 is 14.7 Å². The number of para-hydroxylation sites is 2. The highest BCUT2D eigenvalue weighted by Crippen LogP contribution is 2.26. The van der Waals surface area contributed by atoms with Crippen LogP contribution in [0.15, 0.2) is 91.0 Å². The van der Waals surface area contributed by atoms with E-state index in [9.17, 15) is 14.7 Å². The molecule has 0 aliphatic rings. The molecule has 0 unspecified atom stereocenters. The summed E-state index contributed by atoms with van der Waals surface area (Å²) in [5, 5.41) is 12.2. The van der Waals surface area contributed by atoms with Gasteiger partial charge in [-0.15, -0.1) is 0 Å². The molecule has 0 fully saturated rings. The van der Waals surface area contributed by atoms with Crippen LogP contribution in [0.2, 0.25) is 0 Å². The van der Waals surface area contributed by atoms with E-state index in [4.69, 9.17) is 0 Å². The molecule has 5 heteroatoms. The molecule has 0 saturated heterocycles. The molecule has 2 N–H and O–H groups in total. The fourth-order valence-corrected chi connectivity index (χ4v) is 2.66. The number of carboxylic acids is 1. The van der Waals surface area contributed by atoms with Crippen molar-refractivity contribution in [1.82, 2.24) is 5.32 Å². The first-order chi connectivity index (χ1) is 12.7. The normalized spacial score (nSPS) is 11.4. The van der Waals surface area contributed by atoms with Gasteiger partial charge in [0, 0.05) is 0 Å². The van der Waals surface area contributed by atoms with Crippen LogP contribution in [0.4, 0.5) is 16.2 Å². The molecule has 3 rings (SSSR count). The van der Waals surface area contributed by atoms with Crippen LogP contribution in [-0.4, -0.2) is 17.1 Å².